The molecule has 4 aromatic heterocycles. The molecule has 4 aromatic rings. The Morgan fingerprint density at radius 1 is 1.11 bits per heavy atom. The summed E-state index contributed by atoms with van der Waals surface area (Å²) >= 11 is 0. The number of carbonyl (C=O) groups excluding carboxylic acids is 1. The second-order valence-electron chi connectivity index (χ2n) is 10.4. The summed E-state index contributed by atoms with van der Waals surface area (Å²) in [7, 11) is 1.64. The standard InChI is InChI=1S/C26H33N7O3/c1-16(2)22-18-12-21(31-7-9-32(10-8-31)25(34)36-26(3,4)5)27-13-19(18)30-23(22)17-11-20(35-6)24-28-15-29-33(24)14-17/h11-16,30H,7-10H2,1-6H3. The molecule has 5 heterocycles. The quantitative estimate of drug-likeness (QED) is 0.450. The molecule has 0 unspecified atom stereocenters. The van der Waals surface area contributed by atoms with Gasteiger partial charge < -0.3 is 24.3 Å². The second kappa shape index (κ2) is 9.00. The van der Waals surface area contributed by atoms with Crippen LogP contribution in [0.2, 0.25) is 0 Å². The zero-order valence-corrected chi connectivity index (χ0v) is 21.7. The molecule has 1 amide bonds. The van der Waals surface area contributed by atoms with Crippen molar-refractivity contribution in [2.45, 2.75) is 46.1 Å². The number of ether oxygens (including phenoxy) is 2. The molecule has 0 aliphatic carbocycles. The molecule has 10 heteroatoms. The summed E-state index contributed by atoms with van der Waals surface area (Å²) in [5.74, 6) is 1.84. The zero-order chi connectivity index (χ0) is 25.6. The maximum absolute atomic E-state index is 12.4. The van der Waals surface area contributed by atoms with E-state index in [9.17, 15) is 4.79 Å². The van der Waals surface area contributed by atoms with E-state index in [0.717, 1.165) is 28.0 Å². The molecule has 10 nitrogen and oxygen atoms in total. The molecule has 1 N–H and O–H groups in total. The van der Waals surface area contributed by atoms with Gasteiger partial charge in [0.25, 0.3) is 0 Å². The van der Waals surface area contributed by atoms with Gasteiger partial charge >= 0.3 is 6.09 Å². The van der Waals surface area contributed by atoms with Gasteiger partial charge in [-0.1, -0.05) is 13.8 Å². The monoisotopic (exact) mass is 491 g/mol. The Bertz CT molecular complexity index is 1410. The van der Waals surface area contributed by atoms with E-state index in [1.165, 1.54) is 11.9 Å². The number of H-pyrrole nitrogens is 1. The Morgan fingerprint density at radius 2 is 1.86 bits per heavy atom. The van der Waals surface area contributed by atoms with E-state index < -0.39 is 5.60 Å². The van der Waals surface area contributed by atoms with Gasteiger partial charge in [0, 0.05) is 43.3 Å². The molecular weight excluding hydrogens is 458 g/mol. The molecule has 1 saturated heterocycles. The Morgan fingerprint density at radius 3 is 2.53 bits per heavy atom. The zero-order valence-electron chi connectivity index (χ0n) is 21.7. The number of anilines is 1. The molecule has 0 atom stereocenters. The molecule has 0 radical (unpaired) electrons. The first kappa shape index (κ1) is 23.9. The Balaban J connectivity index is 1.46. The van der Waals surface area contributed by atoms with Gasteiger partial charge in [-0.3, -0.25) is 0 Å². The van der Waals surface area contributed by atoms with Crippen LogP contribution in [0.25, 0.3) is 27.8 Å². The number of nitrogens with zero attached hydrogens (tertiary/aromatic N) is 6. The minimum absolute atomic E-state index is 0.261. The van der Waals surface area contributed by atoms with E-state index in [2.05, 4.69) is 39.9 Å². The molecule has 36 heavy (non-hydrogen) atoms. The Labute approximate surface area is 210 Å². The largest absolute Gasteiger partial charge is 0.493 e. The number of pyridine rings is 2. The second-order valence-corrected chi connectivity index (χ2v) is 10.4. The van der Waals surface area contributed by atoms with E-state index in [0.29, 0.717) is 37.6 Å². The number of rotatable bonds is 4. The van der Waals surface area contributed by atoms with Crippen LogP contribution in [0.5, 0.6) is 5.75 Å². The number of piperazine rings is 1. The van der Waals surface area contributed by atoms with Crippen LogP contribution < -0.4 is 9.64 Å². The SMILES string of the molecule is COc1cc(-c2[nH]c3cnc(N4CCN(C(=O)OC(C)(C)C)CC4)cc3c2C(C)C)cn2ncnc12. The van der Waals surface area contributed by atoms with Crippen molar-refractivity contribution in [3.05, 3.63) is 36.4 Å². The van der Waals surface area contributed by atoms with Gasteiger partial charge in [-0.25, -0.2) is 19.3 Å². The van der Waals surface area contributed by atoms with E-state index in [-0.39, 0.29) is 12.0 Å². The first-order valence-electron chi connectivity index (χ1n) is 12.3. The highest BCUT2D eigenvalue weighted by Crippen LogP contribution is 2.38. The summed E-state index contributed by atoms with van der Waals surface area (Å²) in [5, 5.41) is 5.45. The van der Waals surface area contributed by atoms with Crippen molar-refractivity contribution in [2.24, 2.45) is 0 Å². The van der Waals surface area contributed by atoms with Crippen molar-refractivity contribution in [1.82, 2.24) is 29.5 Å². The fourth-order valence-electron chi connectivity index (χ4n) is 4.73. The number of hydrogen-bond donors (Lipinski definition) is 1. The highest BCUT2D eigenvalue weighted by Gasteiger charge is 2.27. The molecule has 1 aliphatic rings. The molecule has 5 rings (SSSR count). The fourth-order valence-corrected chi connectivity index (χ4v) is 4.73. The summed E-state index contributed by atoms with van der Waals surface area (Å²) < 4.78 is 12.8. The predicted octanol–water partition coefficient (Wildman–Crippen LogP) is 4.46. The number of aromatic nitrogens is 5. The highest BCUT2D eigenvalue weighted by atomic mass is 16.6. The molecule has 190 valence electrons. The summed E-state index contributed by atoms with van der Waals surface area (Å²) in [5.41, 5.74) is 4.35. The Hall–Kier alpha value is -3.82. The van der Waals surface area contributed by atoms with Crippen LogP contribution in [0.4, 0.5) is 10.6 Å². The van der Waals surface area contributed by atoms with E-state index in [1.807, 2.05) is 39.2 Å². The number of methoxy groups -OCH3 is 1. The molecule has 0 saturated carbocycles. The normalized spacial score (nSPS) is 14.8. The maximum atomic E-state index is 12.4. The number of amides is 1. The van der Waals surface area contributed by atoms with E-state index in [4.69, 9.17) is 14.5 Å². The maximum Gasteiger partial charge on any atom is 0.410 e. The van der Waals surface area contributed by atoms with Gasteiger partial charge in [-0.2, -0.15) is 5.10 Å². The summed E-state index contributed by atoms with van der Waals surface area (Å²) in [4.78, 5) is 29.1. The minimum Gasteiger partial charge on any atom is -0.493 e. The van der Waals surface area contributed by atoms with E-state index in [1.54, 1.807) is 16.5 Å². The number of hydrogen-bond acceptors (Lipinski definition) is 7. The number of aromatic amines is 1. The van der Waals surface area contributed by atoms with Gasteiger partial charge in [0.2, 0.25) is 0 Å². The number of fused-ring (bicyclic) bond motifs is 2. The third kappa shape index (κ3) is 4.43. The lowest BCUT2D eigenvalue weighted by molar-refractivity contribution is 0.0240. The van der Waals surface area contributed by atoms with Gasteiger partial charge in [-0.15, -0.1) is 0 Å². The number of nitrogens with one attached hydrogen (secondary N) is 1. The molecule has 0 spiro atoms. The number of carbonyl (C=O) groups is 1. The van der Waals surface area contributed by atoms with Crippen LogP contribution in [-0.4, -0.2) is 74.4 Å². The van der Waals surface area contributed by atoms with Crippen molar-refractivity contribution >= 4 is 28.5 Å². The average Bonchev–Trinajstić information content (AvgIpc) is 3.46. The molecule has 1 aliphatic heterocycles. The minimum atomic E-state index is -0.498. The molecule has 1 fully saturated rings. The topological polar surface area (TPSA) is 101 Å². The third-order valence-electron chi connectivity index (χ3n) is 6.39. The lowest BCUT2D eigenvalue weighted by atomic mass is 9.97. The van der Waals surface area contributed by atoms with Crippen LogP contribution in [0, 0.1) is 0 Å². The summed E-state index contributed by atoms with van der Waals surface area (Å²) in [6.07, 6.45) is 5.12. The summed E-state index contributed by atoms with van der Waals surface area (Å²) in [6, 6.07) is 4.14. The fraction of sp³-hybridized carbons (Fsp3) is 0.462. The first-order valence-corrected chi connectivity index (χ1v) is 12.3. The van der Waals surface area contributed by atoms with Crippen LogP contribution in [0.15, 0.2) is 30.9 Å². The predicted molar refractivity (Wildman–Crippen MR) is 139 cm³/mol. The molecule has 0 bridgehead atoms. The van der Waals surface area contributed by atoms with Crippen molar-refractivity contribution in [1.29, 1.82) is 0 Å². The van der Waals surface area contributed by atoms with Crippen molar-refractivity contribution < 1.29 is 14.3 Å². The molecule has 0 aromatic carbocycles. The van der Waals surface area contributed by atoms with Gasteiger partial charge in [-0.05, 0) is 44.4 Å². The van der Waals surface area contributed by atoms with Crippen molar-refractivity contribution in [2.75, 3.05) is 38.2 Å². The van der Waals surface area contributed by atoms with Gasteiger partial charge in [0.05, 0.1) is 24.5 Å². The highest BCUT2D eigenvalue weighted by molar-refractivity contribution is 5.92. The van der Waals surface area contributed by atoms with E-state index >= 15 is 0 Å². The summed E-state index contributed by atoms with van der Waals surface area (Å²) in [6.45, 7) is 12.6. The van der Waals surface area contributed by atoms with Gasteiger partial charge in [0.1, 0.15) is 17.7 Å². The van der Waals surface area contributed by atoms with Crippen molar-refractivity contribution in [3.63, 3.8) is 0 Å². The average molecular weight is 492 g/mol. The van der Waals surface area contributed by atoms with Gasteiger partial charge in [0.15, 0.2) is 11.4 Å². The Kier molecular flexibility index (Phi) is 5.97. The van der Waals surface area contributed by atoms with Crippen LogP contribution in [0.1, 0.15) is 46.1 Å². The third-order valence-corrected chi connectivity index (χ3v) is 6.39. The van der Waals surface area contributed by atoms with Crippen LogP contribution >= 0.6 is 0 Å². The first-order chi connectivity index (χ1) is 17.1. The van der Waals surface area contributed by atoms with Crippen LogP contribution in [-0.2, 0) is 4.74 Å². The smallest absolute Gasteiger partial charge is 0.410 e. The molecular formula is C26H33N7O3. The lowest BCUT2D eigenvalue weighted by Gasteiger charge is -2.36. The lowest BCUT2D eigenvalue weighted by Crippen LogP contribution is -2.50. The van der Waals surface area contributed by atoms with Crippen molar-refractivity contribution in [3.8, 4) is 17.0 Å². The van der Waals surface area contributed by atoms with Crippen LogP contribution in [0.3, 0.4) is 0 Å².